The average Bonchev–Trinajstić information content (AvgIpc) is 2.81. The first kappa shape index (κ1) is 14.4. The van der Waals surface area contributed by atoms with Gasteiger partial charge in [0.1, 0.15) is 0 Å². The van der Waals surface area contributed by atoms with E-state index in [2.05, 4.69) is 10.1 Å². The Hall–Kier alpha value is -1.96. The zero-order valence-electron chi connectivity index (χ0n) is 10.1. The van der Waals surface area contributed by atoms with Crippen molar-refractivity contribution in [2.24, 2.45) is 0 Å². The van der Waals surface area contributed by atoms with Crippen molar-refractivity contribution < 1.29 is 23.4 Å². The summed E-state index contributed by atoms with van der Waals surface area (Å²) in [6.07, 6.45) is 1.49. The zero-order chi connectivity index (χ0) is 14.8. The summed E-state index contributed by atoms with van der Waals surface area (Å²) in [6, 6.07) is 1.27. The molecule has 0 bridgehead atoms. The predicted molar refractivity (Wildman–Crippen MR) is 65.3 cm³/mol. The third-order valence-corrected chi connectivity index (χ3v) is 2.62. The number of alkyl halides is 2. The average molecular weight is 306 g/mol. The SMILES string of the molecule is O=C(O)CCC(F)(F)COc1cc(Cl)nn2ccnc12. The highest BCUT2D eigenvalue weighted by Gasteiger charge is 2.31. The van der Waals surface area contributed by atoms with Crippen molar-refractivity contribution in [2.45, 2.75) is 18.8 Å². The number of ether oxygens (including phenoxy) is 1. The minimum absolute atomic E-state index is 0.0602. The molecular weight excluding hydrogens is 296 g/mol. The second-order valence-electron chi connectivity index (χ2n) is 4.07. The van der Waals surface area contributed by atoms with Crippen molar-refractivity contribution in [1.82, 2.24) is 14.6 Å². The molecule has 9 heteroatoms. The molecule has 6 nitrogen and oxygen atoms in total. The number of hydrogen-bond donors (Lipinski definition) is 1. The Labute approximate surface area is 116 Å². The fourth-order valence-corrected chi connectivity index (χ4v) is 1.69. The maximum Gasteiger partial charge on any atom is 0.303 e. The van der Waals surface area contributed by atoms with E-state index >= 15 is 0 Å². The molecule has 0 fully saturated rings. The predicted octanol–water partition coefficient (Wildman–Crippen LogP) is 2.26. The lowest BCUT2D eigenvalue weighted by Crippen LogP contribution is -2.26. The molecule has 2 aromatic rings. The molecule has 20 heavy (non-hydrogen) atoms. The molecule has 0 unspecified atom stereocenters. The first-order chi connectivity index (χ1) is 9.37. The molecule has 0 aliphatic carbocycles. The van der Waals surface area contributed by atoms with Crippen LogP contribution < -0.4 is 4.74 Å². The maximum atomic E-state index is 13.4. The van der Waals surface area contributed by atoms with Crippen molar-refractivity contribution in [2.75, 3.05) is 6.61 Å². The van der Waals surface area contributed by atoms with E-state index in [4.69, 9.17) is 21.4 Å². The molecular formula is C11H10ClF2N3O3. The molecule has 108 valence electrons. The number of imidazole rings is 1. The van der Waals surface area contributed by atoms with E-state index in [1.54, 1.807) is 0 Å². The molecule has 0 saturated carbocycles. The third kappa shape index (κ3) is 3.53. The highest BCUT2D eigenvalue weighted by Crippen LogP contribution is 2.25. The summed E-state index contributed by atoms with van der Waals surface area (Å²) in [5, 5.41) is 12.3. The Morgan fingerprint density at radius 3 is 3.00 bits per heavy atom. The number of carboxylic acids is 1. The van der Waals surface area contributed by atoms with Crippen LogP contribution in [0.2, 0.25) is 5.15 Å². The standard InChI is InChI=1S/C11H10ClF2N3O3/c12-8-5-7(10-15-3-4-17(10)16-8)20-6-11(13,14)2-1-9(18)19/h3-5H,1-2,6H2,(H,18,19). The van der Waals surface area contributed by atoms with Gasteiger partial charge < -0.3 is 9.84 Å². The molecule has 0 aromatic carbocycles. The van der Waals surface area contributed by atoms with Gasteiger partial charge in [0.2, 0.25) is 0 Å². The number of halogens is 3. The summed E-state index contributed by atoms with van der Waals surface area (Å²) in [7, 11) is 0. The molecule has 0 saturated heterocycles. The molecule has 2 heterocycles. The highest BCUT2D eigenvalue weighted by molar-refractivity contribution is 6.29. The minimum atomic E-state index is -3.25. The number of carboxylic acid groups (broad SMARTS) is 1. The molecule has 0 aliphatic rings. The summed E-state index contributed by atoms with van der Waals surface area (Å²) in [4.78, 5) is 14.2. The number of hydrogen-bond acceptors (Lipinski definition) is 4. The Balaban J connectivity index is 2.08. The van der Waals surface area contributed by atoms with Gasteiger partial charge in [0, 0.05) is 24.9 Å². The van der Waals surface area contributed by atoms with Gasteiger partial charge in [-0.3, -0.25) is 4.79 Å². The van der Waals surface area contributed by atoms with Crippen molar-refractivity contribution >= 4 is 23.2 Å². The molecule has 0 atom stereocenters. The lowest BCUT2D eigenvalue weighted by molar-refractivity contribution is -0.139. The lowest BCUT2D eigenvalue weighted by atomic mass is 10.2. The van der Waals surface area contributed by atoms with Gasteiger partial charge in [-0.1, -0.05) is 11.6 Å². The summed E-state index contributed by atoms with van der Waals surface area (Å²) < 4.78 is 33.2. The van der Waals surface area contributed by atoms with E-state index < -0.39 is 31.3 Å². The Bertz CT molecular complexity index is 632. The fraction of sp³-hybridized carbons (Fsp3) is 0.364. The van der Waals surface area contributed by atoms with Crippen LogP contribution in [-0.4, -0.2) is 38.2 Å². The van der Waals surface area contributed by atoms with E-state index in [1.165, 1.54) is 23.0 Å². The van der Waals surface area contributed by atoms with Gasteiger partial charge in [-0.05, 0) is 0 Å². The van der Waals surface area contributed by atoms with Crippen LogP contribution in [0.3, 0.4) is 0 Å². The molecule has 2 rings (SSSR count). The van der Waals surface area contributed by atoms with E-state index in [0.29, 0.717) is 0 Å². The maximum absolute atomic E-state index is 13.4. The second-order valence-corrected chi connectivity index (χ2v) is 4.45. The van der Waals surface area contributed by atoms with Crippen LogP contribution in [0.15, 0.2) is 18.5 Å². The van der Waals surface area contributed by atoms with Gasteiger partial charge in [-0.15, -0.1) is 0 Å². The van der Waals surface area contributed by atoms with Gasteiger partial charge in [-0.2, -0.15) is 5.10 Å². The molecule has 0 aliphatic heterocycles. The van der Waals surface area contributed by atoms with Crippen LogP contribution in [-0.2, 0) is 4.79 Å². The van der Waals surface area contributed by atoms with Crippen molar-refractivity contribution in [1.29, 1.82) is 0 Å². The van der Waals surface area contributed by atoms with Gasteiger partial charge >= 0.3 is 5.97 Å². The number of carbonyl (C=O) groups is 1. The first-order valence-electron chi connectivity index (χ1n) is 5.60. The fourth-order valence-electron chi connectivity index (χ4n) is 1.51. The van der Waals surface area contributed by atoms with Crippen LogP contribution in [0.4, 0.5) is 8.78 Å². The lowest BCUT2D eigenvalue weighted by Gasteiger charge is -2.16. The molecule has 0 spiro atoms. The molecule has 0 radical (unpaired) electrons. The van der Waals surface area contributed by atoms with E-state index in [-0.39, 0.29) is 16.5 Å². The second kappa shape index (κ2) is 5.58. The van der Waals surface area contributed by atoms with Gasteiger partial charge in [-0.25, -0.2) is 18.3 Å². The molecule has 1 N–H and O–H groups in total. The number of fused-ring (bicyclic) bond motifs is 1. The van der Waals surface area contributed by atoms with Crippen LogP contribution in [0, 0.1) is 0 Å². The highest BCUT2D eigenvalue weighted by atomic mass is 35.5. The Morgan fingerprint density at radius 1 is 1.55 bits per heavy atom. The molecule has 2 aromatic heterocycles. The van der Waals surface area contributed by atoms with Gasteiger partial charge in [0.25, 0.3) is 5.92 Å². The largest absolute Gasteiger partial charge is 0.483 e. The number of aromatic nitrogens is 3. The molecule has 0 amide bonds. The minimum Gasteiger partial charge on any atom is -0.483 e. The quantitative estimate of drug-likeness (QED) is 0.886. The first-order valence-corrected chi connectivity index (χ1v) is 5.97. The summed E-state index contributed by atoms with van der Waals surface area (Å²) in [5.41, 5.74) is 0.253. The van der Waals surface area contributed by atoms with Gasteiger partial charge in [0.05, 0.1) is 6.42 Å². The normalized spacial score (nSPS) is 11.8. The summed E-state index contributed by atoms with van der Waals surface area (Å²) >= 11 is 5.73. The van der Waals surface area contributed by atoms with Crippen LogP contribution in [0.1, 0.15) is 12.8 Å². The number of nitrogens with zero attached hydrogens (tertiary/aromatic N) is 3. The Kier molecular flexibility index (Phi) is 4.03. The monoisotopic (exact) mass is 305 g/mol. The van der Waals surface area contributed by atoms with Crippen LogP contribution in [0.5, 0.6) is 5.75 Å². The third-order valence-electron chi connectivity index (χ3n) is 2.44. The van der Waals surface area contributed by atoms with Gasteiger partial charge in [0.15, 0.2) is 23.2 Å². The van der Waals surface area contributed by atoms with Crippen LogP contribution in [0.25, 0.3) is 5.65 Å². The van der Waals surface area contributed by atoms with E-state index in [9.17, 15) is 13.6 Å². The Morgan fingerprint density at radius 2 is 2.30 bits per heavy atom. The van der Waals surface area contributed by atoms with Crippen molar-refractivity contribution in [3.8, 4) is 5.75 Å². The zero-order valence-corrected chi connectivity index (χ0v) is 10.8. The van der Waals surface area contributed by atoms with Crippen molar-refractivity contribution in [3.63, 3.8) is 0 Å². The number of rotatable bonds is 6. The van der Waals surface area contributed by atoms with Crippen molar-refractivity contribution in [3.05, 3.63) is 23.6 Å². The van der Waals surface area contributed by atoms with E-state index in [0.717, 1.165) is 0 Å². The smallest absolute Gasteiger partial charge is 0.303 e. The van der Waals surface area contributed by atoms with E-state index in [1.807, 2.05) is 0 Å². The summed E-state index contributed by atoms with van der Waals surface area (Å²) in [6.45, 7) is -0.955. The number of aliphatic carboxylic acids is 1. The summed E-state index contributed by atoms with van der Waals surface area (Å²) in [5.74, 6) is -4.48. The topological polar surface area (TPSA) is 76.7 Å². The van der Waals surface area contributed by atoms with Crippen LogP contribution >= 0.6 is 11.6 Å².